The Labute approximate surface area is 125 Å². The van der Waals surface area contributed by atoms with Crippen LogP contribution in [0.25, 0.3) is 0 Å². The Kier molecular flexibility index (Phi) is 4.76. The highest BCUT2D eigenvalue weighted by Crippen LogP contribution is 2.25. The third kappa shape index (κ3) is 3.37. The molecular weight excluding hydrogens is 296 g/mol. The number of carbonyl (C=O) groups is 2. The van der Waals surface area contributed by atoms with Gasteiger partial charge in [0.25, 0.3) is 5.91 Å². The number of aryl methyl sites for hydroxylation is 1. The maximum atomic E-state index is 12.2. The van der Waals surface area contributed by atoms with Crippen LogP contribution in [0.2, 0.25) is 0 Å². The third-order valence-electron chi connectivity index (χ3n) is 2.68. The Hall–Kier alpha value is -1.85. The molecule has 0 atom stereocenters. The number of para-hydroxylation sites is 1. The Morgan fingerprint density at radius 2 is 1.95 bits per heavy atom. The summed E-state index contributed by atoms with van der Waals surface area (Å²) in [6, 6.07) is 9.17. The van der Waals surface area contributed by atoms with E-state index < -0.39 is 0 Å². The molecule has 20 heavy (non-hydrogen) atoms. The first kappa shape index (κ1) is 14.6. The lowest BCUT2D eigenvalue weighted by Gasteiger charge is -2.09. The fourth-order valence-corrected chi connectivity index (χ4v) is 2.52. The third-order valence-corrected chi connectivity index (χ3v) is 3.75. The number of hydrogen-bond acceptors (Lipinski definition) is 3. The highest BCUT2D eigenvalue weighted by atomic mass is 35.5. The van der Waals surface area contributed by atoms with Crippen LogP contribution in [0.4, 0.5) is 10.7 Å². The van der Waals surface area contributed by atoms with Gasteiger partial charge in [-0.3, -0.25) is 9.59 Å². The van der Waals surface area contributed by atoms with Crippen molar-refractivity contribution in [3.8, 4) is 0 Å². The maximum Gasteiger partial charge on any atom is 0.258 e. The SMILES string of the molecule is Cc1ccccc1NC(=O)c1ccsc1NC(=O)CCl. The first-order valence-electron chi connectivity index (χ1n) is 5.92. The van der Waals surface area contributed by atoms with Crippen LogP contribution in [-0.2, 0) is 4.79 Å². The molecule has 104 valence electrons. The number of thiophene rings is 1. The second-order valence-electron chi connectivity index (χ2n) is 4.11. The van der Waals surface area contributed by atoms with E-state index in [1.807, 2.05) is 31.2 Å². The fourth-order valence-electron chi connectivity index (χ4n) is 1.65. The van der Waals surface area contributed by atoms with Crippen LogP contribution in [0.3, 0.4) is 0 Å². The molecule has 2 N–H and O–H groups in total. The largest absolute Gasteiger partial charge is 0.322 e. The molecule has 0 aliphatic heterocycles. The van der Waals surface area contributed by atoms with Crippen molar-refractivity contribution in [1.29, 1.82) is 0 Å². The van der Waals surface area contributed by atoms with Crippen LogP contribution < -0.4 is 10.6 Å². The molecule has 0 aliphatic rings. The number of alkyl halides is 1. The van der Waals surface area contributed by atoms with Crippen LogP contribution in [0.5, 0.6) is 0 Å². The number of carbonyl (C=O) groups excluding carboxylic acids is 2. The summed E-state index contributed by atoms with van der Waals surface area (Å²) in [5.74, 6) is -0.735. The van der Waals surface area contributed by atoms with E-state index in [4.69, 9.17) is 11.6 Å². The number of rotatable bonds is 4. The van der Waals surface area contributed by atoms with Gasteiger partial charge in [-0.1, -0.05) is 18.2 Å². The van der Waals surface area contributed by atoms with Crippen molar-refractivity contribution in [2.24, 2.45) is 0 Å². The monoisotopic (exact) mass is 308 g/mol. The molecule has 2 rings (SSSR count). The van der Waals surface area contributed by atoms with Gasteiger partial charge in [-0.15, -0.1) is 22.9 Å². The van der Waals surface area contributed by atoms with E-state index in [0.717, 1.165) is 11.3 Å². The number of nitrogens with one attached hydrogen (secondary N) is 2. The van der Waals surface area contributed by atoms with Gasteiger partial charge in [-0.2, -0.15) is 0 Å². The van der Waals surface area contributed by atoms with Crippen molar-refractivity contribution in [3.05, 3.63) is 46.8 Å². The summed E-state index contributed by atoms with van der Waals surface area (Å²) in [6.07, 6.45) is 0. The van der Waals surface area contributed by atoms with Crippen molar-refractivity contribution in [2.75, 3.05) is 16.5 Å². The van der Waals surface area contributed by atoms with E-state index in [1.165, 1.54) is 11.3 Å². The molecule has 6 heteroatoms. The van der Waals surface area contributed by atoms with E-state index in [1.54, 1.807) is 11.4 Å². The Morgan fingerprint density at radius 1 is 1.20 bits per heavy atom. The normalized spacial score (nSPS) is 10.1. The average molecular weight is 309 g/mol. The van der Waals surface area contributed by atoms with Crippen LogP contribution >= 0.6 is 22.9 Å². The van der Waals surface area contributed by atoms with Crippen molar-refractivity contribution in [1.82, 2.24) is 0 Å². The number of halogens is 1. The zero-order chi connectivity index (χ0) is 14.5. The molecule has 0 fully saturated rings. The van der Waals surface area contributed by atoms with Gasteiger partial charge >= 0.3 is 0 Å². The summed E-state index contributed by atoms with van der Waals surface area (Å²) in [5.41, 5.74) is 2.15. The van der Waals surface area contributed by atoms with Crippen molar-refractivity contribution >= 4 is 45.4 Å². The van der Waals surface area contributed by atoms with Gasteiger partial charge in [-0.25, -0.2) is 0 Å². The predicted molar refractivity (Wildman–Crippen MR) is 82.8 cm³/mol. The molecular formula is C14H13ClN2O2S. The molecule has 0 spiro atoms. The molecule has 0 saturated carbocycles. The van der Waals surface area contributed by atoms with E-state index in [0.29, 0.717) is 10.6 Å². The Morgan fingerprint density at radius 3 is 2.65 bits per heavy atom. The molecule has 0 aliphatic carbocycles. The second kappa shape index (κ2) is 6.54. The minimum Gasteiger partial charge on any atom is -0.322 e. The van der Waals surface area contributed by atoms with E-state index >= 15 is 0 Å². The quantitative estimate of drug-likeness (QED) is 0.849. The molecule has 2 aromatic rings. The first-order chi connectivity index (χ1) is 9.61. The second-order valence-corrected chi connectivity index (χ2v) is 5.30. The lowest BCUT2D eigenvalue weighted by molar-refractivity contribution is -0.113. The van der Waals surface area contributed by atoms with Crippen molar-refractivity contribution in [3.63, 3.8) is 0 Å². The lowest BCUT2D eigenvalue weighted by atomic mass is 10.2. The van der Waals surface area contributed by atoms with E-state index in [2.05, 4.69) is 10.6 Å². The zero-order valence-corrected chi connectivity index (χ0v) is 12.3. The average Bonchev–Trinajstić information content (AvgIpc) is 2.89. The molecule has 0 unspecified atom stereocenters. The van der Waals surface area contributed by atoms with Gasteiger partial charge < -0.3 is 10.6 Å². The minimum absolute atomic E-state index is 0.142. The van der Waals surface area contributed by atoms with Crippen molar-refractivity contribution < 1.29 is 9.59 Å². The molecule has 2 amide bonds. The molecule has 4 nitrogen and oxygen atoms in total. The smallest absolute Gasteiger partial charge is 0.258 e. The van der Waals surface area contributed by atoms with Crippen LogP contribution in [-0.4, -0.2) is 17.7 Å². The molecule has 0 saturated heterocycles. The summed E-state index contributed by atoms with van der Waals surface area (Å²) in [5, 5.41) is 7.68. The maximum absolute atomic E-state index is 12.2. The lowest BCUT2D eigenvalue weighted by Crippen LogP contribution is -2.17. The summed E-state index contributed by atoms with van der Waals surface area (Å²) in [6.45, 7) is 1.92. The number of amides is 2. The van der Waals surface area contributed by atoms with Crippen LogP contribution in [0.15, 0.2) is 35.7 Å². The number of benzene rings is 1. The van der Waals surface area contributed by atoms with Crippen LogP contribution in [0, 0.1) is 6.92 Å². The van der Waals surface area contributed by atoms with Gasteiger partial charge in [0.2, 0.25) is 5.91 Å². The van der Waals surface area contributed by atoms with Gasteiger partial charge in [0, 0.05) is 5.69 Å². The van der Waals surface area contributed by atoms with Crippen LogP contribution in [0.1, 0.15) is 15.9 Å². The summed E-state index contributed by atoms with van der Waals surface area (Å²) in [4.78, 5) is 23.5. The summed E-state index contributed by atoms with van der Waals surface area (Å²) < 4.78 is 0. The van der Waals surface area contributed by atoms with Gasteiger partial charge in [0.05, 0.1) is 5.56 Å². The Balaban J connectivity index is 2.16. The molecule has 1 aromatic carbocycles. The highest BCUT2D eigenvalue weighted by Gasteiger charge is 2.15. The highest BCUT2D eigenvalue weighted by molar-refractivity contribution is 7.14. The number of anilines is 2. The van der Waals surface area contributed by atoms with Gasteiger partial charge in [0.15, 0.2) is 0 Å². The van der Waals surface area contributed by atoms with E-state index in [9.17, 15) is 9.59 Å². The summed E-state index contributed by atoms with van der Waals surface area (Å²) in [7, 11) is 0. The Bertz CT molecular complexity index is 640. The van der Waals surface area contributed by atoms with Crippen molar-refractivity contribution in [2.45, 2.75) is 6.92 Å². The van der Waals surface area contributed by atoms with E-state index in [-0.39, 0.29) is 17.7 Å². The molecule has 0 bridgehead atoms. The predicted octanol–water partition coefficient (Wildman–Crippen LogP) is 3.49. The molecule has 1 heterocycles. The minimum atomic E-state index is -0.334. The first-order valence-corrected chi connectivity index (χ1v) is 7.33. The van der Waals surface area contributed by atoms with Gasteiger partial charge in [-0.05, 0) is 30.0 Å². The fraction of sp³-hybridized carbons (Fsp3) is 0.143. The molecule has 0 radical (unpaired) electrons. The zero-order valence-electron chi connectivity index (χ0n) is 10.8. The molecule has 1 aromatic heterocycles. The van der Waals surface area contributed by atoms with Gasteiger partial charge in [0.1, 0.15) is 10.9 Å². The topological polar surface area (TPSA) is 58.2 Å². The summed E-state index contributed by atoms with van der Waals surface area (Å²) >= 11 is 6.73. The number of hydrogen-bond donors (Lipinski definition) is 2. The standard InChI is InChI=1S/C14H13ClN2O2S/c1-9-4-2-3-5-11(9)16-13(19)10-6-7-20-14(10)17-12(18)8-15/h2-7H,8H2,1H3,(H,16,19)(H,17,18).